The van der Waals surface area contributed by atoms with E-state index in [1.165, 1.54) is 26.1 Å². The molecule has 1 aliphatic heterocycles. The summed E-state index contributed by atoms with van der Waals surface area (Å²) in [6, 6.07) is 0. The highest BCUT2D eigenvalue weighted by molar-refractivity contribution is 4.74. The first-order chi connectivity index (χ1) is 7.22. The predicted octanol–water partition coefficient (Wildman–Crippen LogP) is 1.20. The van der Waals surface area contributed by atoms with Gasteiger partial charge < -0.3 is 15.0 Å². The van der Waals surface area contributed by atoms with E-state index in [0.717, 1.165) is 31.5 Å². The fraction of sp³-hybridized carbons (Fsp3) is 1.00. The molecule has 90 valence electrons. The van der Waals surface area contributed by atoms with Gasteiger partial charge >= 0.3 is 0 Å². The van der Waals surface area contributed by atoms with Crippen molar-refractivity contribution >= 4 is 0 Å². The summed E-state index contributed by atoms with van der Waals surface area (Å²) < 4.78 is 4.99. The van der Waals surface area contributed by atoms with Crippen LogP contribution in [0, 0.1) is 11.8 Å². The maximum Gasteiger partial charge on any atom is 0.0587 e. The van der Waals surface area contributed by atoms with Crippen molar-refractivity contribution in [2.45, 2.75) is 20.3 Å². The standard InChI is InChI=1S/C12H26N2O/c1-11-8-12(2)10-14(9-11)6-4-13-5-7-15-3/h11-13H,4-10H2,1-3H3. The van der Waals surface area contributed by atoms with Crippen LogP contribution >= 0.6 is 0 Å². The average Bonchev–Trinajstić information content (AvgIpc) is 2.16. The average molecular weight is 214 g/mol. The first-order valence-electron chi connectivity index (χ1n) is 6.14. The minimum Gasteiger partial charge on any atom is -0.383 e. The Balaban J connectivity index is 2.04. The third-order valence-electron chi connectivity index (χ3n) is 3.03. The van der Waals surface area contributed by atoms with E-state index in [4.69, 9.17) is 4.74 Å². The number of hydrogen-bond acceptors (Lipinski definition) is 3. The number of nitrogens with one attached hydrogen (secondary N) is 1. The van der Waals surface area contributed by atoms with E-state index in [1.54, 1.807) is 7.11 Å². The van der Waals surface area contributed by atoms with Crippen molar-refractivity contribution in [2.24, 2.45) is 11.8 Å². The van der Waals surface area contributed by atoms with Gasteiger partial charge in [-0.15, -0.1) is 0 Å². The fourth-order valence-electron chi connectivity index (χ4n) is 2.51. The molecule has 1 rings (SSSR count). The smallest absolute Gasteiger partial charge is 0.0587 e. The lowest BCUT2D eigenvalue weighted by atomic mass is 9.92. The number of methoxy groups -OCH3 is 1. The van der Waals surface area contributed by atoms with Crippen LogP contribution in [0.25, 0.3) is 0 Å². The molecule has 2 unspecified atom stereocenters. The van der Waals surface area contributed by atoms with Crippen LogP contribution in [0.2, 0.25) is 0 Å². The molecule has 1 aliphatic rings. The largest absolute Gasteiger partial charge is 0.383 e. The van der Waals surface area contributed by atoms with Crippen molar-refractivity contribution in [1.82, 2.24) is 10.2 Å². The maximum atomic E-state index is 4.99. The molecule has 0 bridgehead atoms. The van der Waals surface area contributed by atoms with Crippen LogP contribution in [0.4, 0.5) is 0 Å². The van der Waals surface area contributed by atoms with Gasteiger partial charge in [0.1, 0.15) is 0 Å². The van der Waals surface area contributed by atoms with E-state index < -0.39 is 0 Å². The van der Waals surface area contributed by atoms with E-state index in [2.05, 4.69) is 24.1 Å². The van der Waals surface area contributed by atoms with Gasteiger partial charge in [-0.05, 0) is 18.3 Å². The molecule has 15 heavy (non-hydrogen) atoms. The molecule has 0 aromatic rings. The molecule has 0 aromatic carbocycles. The van der Waals surface area contributed by atoms with Crippen molar-refractivity contribution in [2.75, 3.05) is 46.4 Å². The molecule has 3 nitrogen and oxygen atoms in total. The second kappa shape index (κ2) is 7.20. The van der Waals surface area contributed by atoms with E-state index >= 15 is 0 Å². The van der Waals surface area contributed by atoms with Crippen LogP contribution in [0.5, 0.6) is 0 Å². The highest BCUT2D eigenvalue weighted by atomic mass is 16.5. The van der Waals surface area contributed by atoms with Crippen molar-refractivity contribution in [3.63, 3.8) is 0 Å². The lowest BCUT2D eigenvalue weighted by molar-refractivity contribution is 0.140. The van der Waals surface area contributed by atoms with Crippen LogP contribution in [-0.2, 0) is 4.74 Å². The molecule has 0 radical (unpaired) electrons. The van der Waals surface area contributed by atoms with Gasteiger partial charge in [-0.2, -0.15) is 0 Å². The number of ether oxygens (including phenoxy) is 1. The second-order valence-electron chi connectivity index (χ2n) is 4.95. The summed E-state index contributed by atoms with van der Waals surface area (Å²) in [5.41, 5.74) is 0. The molecule has 2 atom stereocenters. The lowest BCUT2D eigenvalue weighted by Crippen LogP contribution is -2.42. The quantitative estimate of drug-likeness (QED) is 0.672. The summed E-state index contributed by atoms with van der Waals surface area (Å²) in [4.78, 5) is 2.58. The Hall–Kier alpha value is -0.120. The molecule has 0 amide bonds. The molecule has 0 spiro atoms. The molecular weight excluding hydrogens is 188 g/mol. The van der Waals surface area contributed by atoms with E-state index in [9.17, 15) is 0 Å². The number of likely N-dealkylation sites (tertiary alicyclic amines) is 1. The third kappa shape index (κ3) is 5.50. The van der Waals surface area contributed by atoms with Gasteiger partial charge in [0.25, 0.3) is 0 Å². The van der Waals surface area contributed by atoms with Gasteiger partial charge in [0.05, 0.1) is 6.61 Å². The van der Waals surface area contributed by atoms with Gasteiger partial charge in [-0.3, -0.25) is 0 Å². The monoisotopic (exact) mass is 214 g/mol. The SMILES string of the molecule is COCCNCCN1CC(C)CC(C)C1. The number of nitrogens with zero attached hydrogens (tertiary/aromatic N) is 1. The first kappa shape index (κ1) is 12.9. The van der Waals surface area contributed by atoms with E-state index in [-0.39, 0.29) is 0 Å². The zero-order chi connectivity index (χ0) is 11.1. The molecule has 0 aliphatic carbocycles. The molecular formula is C12H26N2O. The van der Waals surface area contributed by atoms with Crippen molar-refractivity contribution in [1.29, 1.82) is 0 Å². The van der Waals surface area contributed by atoms with Gasteiger partial charge in [0.2, 0.25) is 0 Å². The fourth-order valence-corrected chi connectivity index (χ4v) is 2.51. The highest BCUT2D eigenvalue weighted by Crippen LogP contribution is 2.20. The molecule has 0 saturated carbocycles. The summed E-state index contributed by atoms with van der Waals surface area (Å²) in [5, 5.41) is 3.40. The topological polar surface area (TPSA) is 24.5 Å². The summed E-state index contributed by atoms with van der Waals surface area (Å²) in [5.74, 6) is 1.74. The normalized spacial score (nSPS) is 28.2. The minimum absolute atomic E-state index is 0.812. The van der Waals surface area contributed by atoms with Crippen LogP contribution in [0.3, 0.4) is 0 Å². The number of hydrogen-bond donors (Lipinski definition) is 1. The highest BCUT2D eigenvalue weighted by Gasteiger charge is 2.20. The summed E-state index contributed by atoms with van der Waals surface area (Å²) in [7, 11) is 1.75. The van der Waals surface area contributed by atoms with Crippen LogP contribution in [0.1, 0.15) is 20.3 Å². The summed E-state index contributed by atoms with van der Waals surface area (Å²) in [6.45, 7) is 11.3. The van der Waals surface area contributed by atoms with Gasteiger partial charge in [0, 0.05) is 39.8 Å². The zero-order valence-electron chi connectivity index (χ0n) is 10.5. The Bertz CT molecular complexity index is 154. The Labute approximate surface area is 94.2 Å². The molecule has 3 heteroatoms. The maximum absolute atomic E-state index is 4.99. The Morgan fingerprint density at radius 1 is 1.20 bits per heavy atom. The Morgan fingerprint density at radius 2 is 1.87 bits per heavy atom. The summed E-state index contributed by atoms with van der Waals surface area (Å²) in [6.07, 6.45) is 1.40. The van der Waals surface area contributed by atoms with Crippen molar-refractivity contribution < 1.29 is 4.74 Å². The zero-order valence-corrected chi connectivity index (χ0v) is 10.5. The molecule has 1 saturated heterocycles. The van der Waals surface area contributed by atoms with Crippen LogP contribution < -0.4 is 5.32 Å². The second-order valence-corrected chi connectivity index (χ2v) is 4.95. The van der Waals surface area contributed by atoms with Gasteiger partial charge in [-0.1, -0.05) is 13.8 Å². The minimum atomic E-state index is 0.812. The summed E-state index contributed by atoms with van der Waals surface area (Å²) >= 11 is 0. The molecule has 0 aromatic heterocycles. The predicted molar refractivity (Wildman–Crippen MR) is 64.1 cm³/mol. The Morgan fingerprint density at radius 3 is 2.47 bits per heavy atom. The number of piperidine rings is 1. The van der Waals surface area contributed by atoms with Gasteiger partial charge in [-0.25, -0.2) is 0 Å². The lowest BCUT2D eigenvalue weighted by Gasteiger charge is -2.34. The van der Waals surface area contributed by atoms with Crippen LogP contribution in [0.15, 0.2) is 0 Å². The molecule has 1 heterocycles. The molecule has 1 fully saturated rings. The van der Waals surface area contributed by atoms with Crippen molar-refractivity contribution in [3.8, 4) is 0 Å². The Kier molecular flexibility index (Phi) is 6.22. The molecule has 1 N–H and O–H groups in total. The number of rotatable bonds is 6. The van der Waals surface area contributed by atoms with Crippen molar-refractivity contribution in [3.05, 3.63) is 0 Å². The van der Waals surface area contributed by atoms with E-state index in [1.807, 2.05) is 0 Å². The van der Waals surface area contributed by atoms with E-state index in [0.29, 0.717) is 0 Å². The van der Waals surface area contributed by atoms with Gasteiger partial charge in [0.15, 0.2) is 0 Å². The first-order valence-corrected chi connectivity index (χ1v) is 6.14. The third-order valence-corrected chi connectivity index (χ3v) is 3.03. The van der Waals surface area contributed by atoms with Crippen LogP contribution in [-0.4, -0.2) is 51.3 Å².